The fourth-order valence-electron chi connectivity index (χ4n) is 4.70. The maximum Gasteiger partial charge on any atom is 0.252 e. The van der Waals surface area contributed by atoms with Gasteiger partial charge in [0, 0.05) is 12.0 Å². The quantitative estimate of drug-likeness (QED) is 0.261. The molecule has 0 unspecified atom stereocenters. The number of hydrogen-bond acceptors (Lipinski definition) is 9. The zero-order valence-corrected chi connectivity index (χ0v) is 26.3. The first-order valence-electron chi connectivity index (χ1n) is 14.7. The number of rotatable bonds is 6. The second-order valence-corrected chi connectivity index (χ2v) is 11.8. The van der Waals surface area contributed by atoms with E-state index in [0.717, 1.165) is 11.1 Å². The van der Waals surface area contributed by atoms with Crippen LogP contribution in [0.5, 0.6) is 5.75 Å². The van der Waals surface area contributed by atoms with Crippen LogP contribution in [0.3, 0.4) is 0 Å². The summed E-state index contributed by atoms with van der Waals surface area (Å²) in [5.41, 5.74) is 2.41. The number of carbonyl (C=O) groups excluding carboxylic acids is 4. The molecule has 13 nitrogen and oxygen atoms in total. The Bertz CT molecular complexity index is 1480. The van der Waals surface area contributed by atoms with Gasteiger partial charge in [0.2, 0.25) is 17.7 Å². The summed E-state index contributed by atoms with van der Waals surface area (Å²) in [6.07, 6.45) is 2.69. The van der Waals surface area contributed by atoms with Crippen LogP contribution in [-0.4, -0.2) is 86.6 Å². The van der Waals surface area contributed by atoms with Crippen molar-refractivity contribution in [3.63, 3.8) is 0 Å². The molecule has 1 aliphatic rings. The summed E-state index contributed by atoms with van der Waals surface area (Å²) in [5, 5.41) is 29.6. The second kappa shape index (κ2) is 16.0. The number of ether oxygens (including phenoxy) is 1. The molecule has 0 spiro atoms. The lowest BCUT2D eigenvalue weighted by atomic mass is 10.0. The molecule has 4 amide bonds. The number of aliphatic hydroxyl groups is 1. The fourth-order valence-corrected chi connectivity index (χ4v) is 5.17. The lowest BCUT2D eigenvalue weighted by Gasteiger charge is -2.27. The molecule has 2 aromatic carbocycles. The third-order valence-corrected chi connectivity index (χ3v) is 7.91. The van der Waals surface area contributed by atoms with Gasteiger partial charge in [0.05, 0.1) is 25.4 Å². The van der Waals surface area contributed by atoms with Gasteiger partial charge in [0.15, 0.2) is 0 Å². The van der Waals surface area contributed by atoms with Crippen molar-refractivity contribution in [1.82, 2.24) is 36.3 Å². The Morgan fingerprint density at radius 1 is 1.02 bits per heavy atom. The highest BCUT2D eigenvalue weighted by atomic mass is 32.2. The molecule has 3 aromatic rings. The third-order valence-electron chi connectivity index (χ3n) is 7.27. The van der Waals surface area contributed by atoms with Crippen molar-refractivity contribution in [2.45, 2.75) is 64.0 Å². The Balaban J connectivity index is 1.64. The van der Waals surface area contributed by atoms with Gasteiger partial charge in [-0.25, -0.2) is 4.68 Å². The number of aryl methyl sites for hydroxylation is 1. The Morgan fingerprint density at radius 3 is 2.53 bits per heavy atom. The van der Waals surface area contributed by atoms with E-state index < -0.39 is 47.9 Å². The van der Waals surface area contributed by atoms with E-state index in [-0.39, 0.29) is 26.0 Å². The number of nitrogens with one attached hydrogen (secondary N) is 4. The SMILES string of the molecule is CSCC[C@@H]1NC(=O)c2ccc(C)c(c2)OCCn2cc(nn2)CNC(=O)[C@H](Cc2ccccc2)NC(=O)[C@H]([C@@H](C)O)NC1=O. The highest BCUT2D eigenvalue weighted by Gasteiger charge is 2.32. The molecular formula is C31H39N7O6S. The van der Waals surface area contributed by atoms with Crippen LogP contribution >= 0.6 is 11.8 Å². The van der Waals surface area contributed by atoms with Crippen molar-refractivity contribution >= 4 is 35.4 Å². The van der Waals surface area contributed by atoms with E-state index in [9.17, 15) is 24.3 Å². The maximum absolute atomic E-state index is 13.5. The van der Waals surface area contributed by atoms with Crippen molar-refractivity contribution in [2.75, 3.05) is 18.6 Å². The summed E-state index contributed by atoms with van der Waals surface area (Å²) in [6.45, 7) is 3.89. The monoisotopic (exact) mass is 637 g/mol. The zero-order valence-electron chi connectivity index (χ0n) is 25.5. The van der Waals surface area contributed by atoms with E-state index in [4.69, 9.17) is 4.74 Å². The average molecular weight is 638 g/mol. The number of carbonyl (C=O) groups is 4. The first-order chi connectivity index (χ1) is 21.6. The number of hydrogen-bond donors (Lipinski definition) is 5. The Hall–Kier alpha value is -4.43. The van der Waals surface area contributed by atoms with E-state index in [1.165, 1.54) is 18.7 Å². The van der Waals surface area contributed by atoms with E-state index in [0.29, 0.717) is 29.3 Å². The van der Waals surface area contributed by atoms with Crippen LogP contribution in [-0.2, 0) is 33.9 Å². The largest absolute Gasteiger partial charge is 0.491 e. The fraction of sp³-hybridized carbons (Fsp3) is 0.419. The second-order valence-electron chi connectivity index (χ2n) is 10.8. The van der Waals surface area contributed by atoms with Gasteiger partial charge in [0.1, 0.15) is 36.2 Å². The predicted molar refractivity (Wildman–Crippen MR) is 168 cm³/mol. The zero-order chi connectivity index (χ0) is 32.3. The lowest BCUT2D eigenvalue weighted by Crippen LogP contribution is -2.60. The van der Waals surface area contributed by atoms with Gasteiger partial charge in [0.25, 0.3) is 5.91 Å². The standard InChI is InChI=1S/C31H39N7O6S/c1-19-9-10-22-16-26(19)44-13-12-38-18-23(36-37-38)17-32-29(41)25(15-21-7-5-4-6-8-21)34-31(43)27(20(2)39)35-30(42)24(11-14-45-3)33-28(22)40/h4-10,16,18,20,24-25,27,39H,11-15,17H2,1-3H3,(H,32,41)(H,33,40)(H,34,43)(H,35,42)/t20-,24+,25+,27+/m1/s1. The summed E-state index contributed by atoms with van der Waals surface area (Å²) in [5.74, 6) is -1.31. The van der Waals surface area contributed by atoms with Crippen LogP contribution in [0.1, 0.15) is 40.5 Å². The Kier molecular flexibility index (Phi) is 11.9. The first-order valence-corrected chi connectivity index (χ1v) is 16.1. The van der Waals surface area contributed by atoms with Crippen molar-refractivity contribution in [3.8, 4) is 5.75 Å². The maximum atomic E-state index is 13.5. The Labute approximate surface area is 265 Å². The normalized spacial score (nSPS) is 20.8. The molecule has 2 heterocycles. The molecule has 1 aliphatic heterocycles. The van der Waals surface area contributed by atoms with Gasteiger partial charge < -0.3 is 31.1 Å². The smallest absolute Gasteiger partial charge is 0.252 e. The number of nitrogens with zero attached hydrogens (tertiary/aromatic N) is 3. The van der Waals surface area contributed by atoms with Crippen LogP contribution in [0, 0.1) is 6.92 Å². The number of thioether (sulfide) groups is 1. The molecule has 5 N–H and O–H groups in total. The van der Waals surface area contributed by atoms with Gasteiger partial charge in [-0.2, -0.15) is 11.8 Å². The van der Waals surface area contributed by atoms with E-state index >= 15 is 0 Å². The molecule has 0 fully saturated rings. The van der Waals surface area contributed by atoms with Gasteiger partial charge >= 0.3 is 0 Å². The molecule has 0 saturated heterocycles. The molecule has 4 rings (SSSR count). The van der Waals surface area contributed by atoms with Crippen molar-refractivity contribution in [2.24, 2.45) is 0 Å². The van der Waals surface area contributed by atoms with E-state index in [1.807, 2.05) is 43.5 Å². The predicted octanol–water partition coefficient (Wildman–Crippen LogP) is 0.740. The van der Waals surface area contributed by atoms with Gasteiger partial charge in [-0.3, -0.25) is 19.2 Å². The molecular weight excluding hydrogens is 598 g/mol. The van der Waals surface area contributed by atoms with Gasteiger partial charge in [-0.1, -0.05) is 41.6 Å². The molecule has 0 aliphatic carbocycles. The van der Waals surface area contributed by atoms with Crippen LogP contribution in [0.2, 0.25) is 0 Å². The molecule has 0 saturated carbocycles. The number of fused-ring (bicyclic) bond motifs is 4. The minimum absolute atomic E-state index is 0.0590. The van der Waals surface area contributed by atoms with Gasteiger partial charge in [-0.15, -0.1) is 5.10 Å². The number of aromatic nitrogens is 3. The van der Waals surface area contributed by atoms with Crippen LogP contribution in [0.25, 0.3) is 0 Å². The first kappa shape index (κ1) is 33.5. The minimum atomic E-state index is -1.40. The van der Waals surface area contributed by atoms with E-state index in [2.05, 4.69) is 31.6 Å². The summed E-state index contributed by atoms with van der Waals surface area (Å²) >= 11 is 1.50. The van der Waals surface area contributed by atoms with Gasteiger partial charge in [-0.05, 0) is 55.5 Å². The lowest BCUT2D eigenvalue weighted by molar-refractivity contribution is -0.134. The molecule has 240 valence electrons. The van der Waals surface area contributed by atoms with Crippen molar-refractivity contribution in [3.05, 3.63) is 77.1 Å². The summed E-state index contributed by atoms with van der Waals surface area (Å²) < 4.78 is 7.53. The molecule has 4 atom stereocenters. The highest BCUT2D eigenvalue weighted by Crippen LogP contribution is 2.20. The average Bonchev–Trinajstić information content (AvgIpc) is 3.48. The summed E-state index contributed by atoms with van der Waals surface area (Å²) in [6, 6.07) is 10.7. The van der Waals surface area contributed by atoms with Crippen LogP contribution in [0.4, 0.5) is 0 Å². The number of aliphatic hydroxyl groups excluding tert-OH is 1. The summed E-state index contributed by atoms with van der Waals surface area (Å²) in [4.78, 5) is 53.6. The number of amides is 4. The summed E-state index contributed by atoms with van der Waals surface area (Å²) in [7, 11) is 0. The molecule has 45 heavy (non-hydrogen) atoms. The molecule has 14 heteroatoms. The molecule has 0 radical (unpaired) electrons. The van der Waals surface area contributed by atoms with E-state index in [1.54, 1.807) is 29.1 Å². The highest BCUT2D eigenvalue weighted by molar-refractivity contribution is 7.98. The molecule has 1 aromatic heterocycles. The van der Waals surface area contributed by atoms with Crippen molar-refractivity contribution < 1.29 is 29.0 Å². The Morgan fingerprint density at radius 2 is 1.80 bits per heavy atom. The topological polar surface area (TPSA) is 177 Å². The number of benzene rings is 2. The minimum Gasteiger partial charge on any atom is -0.491 e. The third kappa shape index (κ3) is 9.53. The molecule has 4 bridgehead atoms. The van der Waals surface area contributed by atoms with Crippen LogP contribution < -0.4 is 26.0 Å². The van der Waals surface area contributed by atoms with Crippen LogP contribution in [0.15, 0.2) is 54.7 Å². The van der Waals surface area contributed by atoms with Crippen molar-refractivity contribution in [1.29, 1.82) is 0 Å².